The van der Waals surface area contributed by atoms with Crippen molar-refractivity contribution in [2.75, 3.05) is 39.9 Å². The van der Waals surface area contributed by atoms with Gasteiger partial charge in [-0.05, 0) is 48.1 Å². The van der Waals surface area contributed by atoms with Crippen molar-refractivity contribution in [1.29, 1.82) is 0 Å². The molecular weight excluding hydrogens is 332 g/mol. The summed E-state index contributed by atoms with van der Waals surface area (Å²) in [4.78, 5) is 6.93. The fourth-order valence-electron chi connectivity index (χ4n) is 3.40. The van der Waals surface area contributed by atoms with Crippen molar-refractivity contribution in [2.45, 2.75) is 38.3 Å². The summed E-state index contributed by atoms with van der Waals surface area (Å²) in [5.74, 6) is 0.934. The largest absolute Gasteiger partial charge is 0.377 e. The molecule has 0 saturated carbocycles. The van der Waals surface area contributed by atoms with Crippen LogP contribution in [0.1, 0.15) is 31.2 Å². The summed E-state index contributed by atoms with van der Waals surface area (Å²) >= 11 is 1.78. The Kier molecular flexibility index (Phi) is 7.33. The van der Waals surface area contributed by atoms with Gasteiger partial charge in [-0.25, -0.2) is 0 Å². The van der Waals surface area contributed by atoms with Gasteiger partial charge in [-0.1, -0.05) is 11.6 Å². The van der Waals surface area contributed by atoms with Crippen molar-refractivity contribution in [3.8, 4) is 0 Å². The molecule has 0 unspecified atom stereocenters. The van der Waals surface area contributed by atoms with E-state index >= 15 is 0 Å². The fourth-order valence-corrected chi connectivity index (χ4v) is 4.06. The molecule has 3 rings (SSSR count). The molecule has 6 heteroatoms. The Morgan fingerprint density at radius 1 is 1.40 bits per heavy atom. The molecule has 138 valence electrons. The molecule has 1 aromatic rings. The highest BCUT2D eigenvalue weighted by molar-refractivity contribution is 7.07. The van der Waals surface area contributed by atoms with Crippen molar-refractivity contribution < 1.29 is 4.74 Å². The molecule has 2 aliphatic rings. The normalized spacial score (nSPS) is 20.4. The summed E-state index contributed by atoms with van der Waals surface area (Å²) < 4.78 is 5.35. The minimum absolute atomic E-state index is 0.521. The van der Waals surface area contributed by atoms with Crippen LogP contribution < -0.4 is 10.6 Å². The summed E-state index contributed by atoms with van der Waals surface area (Å²) in [6.45, 7) is 5.95. The highest BCUT2D eigenvalue weighted by Gasteiger charge is 2.20. The van der Waals surface area contributed by atoms with Crippen LogP contribution in [0.2, 0.25) is 0 Å². The molecule has 0 aromatic carbocycles. The van der Waals surface area contributed by atoms with Gasteiger partial charge in [0, 0.05) is 39.3 Å². The molecule has 1 saturated heterocycles. The zero-order valence-electron chi connectivity index (χ0n) is 15.2. The number of hydrogen-bond acceptors (Lipinski definition) is 4. The molecule has 1 aromatic heterocycles. The van der Waals surface area contributed by atoms with Crippen LogP contribution in [-0.2, 0) is 11.3 Å². The van der Waals surface area contributed by atoms with E-state index in [0.29, 0.717) is 6.04 Å². The van der Waals surface area contributed by atoms with Crippen LogP contribution in [0.5, 0.6) is 0 Å². The van der Waals surface area contributed by atoms with E-state index in [0.717, 1.165) is 58.2 Å². The smallest absolute Gasteiger partial charge is 0.191 e. The first kappa shape index (κ1) is 18.4. The second-order valence-electron chi connectivity index (χ2n) is 6.76. The third kappa shape index (κ3) is 6.13. The van der Waals surface area contributed by atoms with Crippen molar-refractivity contribution in [3.63, 3.8) is 0 Å². The standard InChI is InChI=1S/C19H30N4OS/c1-20-19(21-8-2-16-5-11-24-12-6-16)22-18-3-9-23(10-4-18)14-17-7-13-25-15-17/h5,7,13,15,18H,2-4,6,8-12,14H2,1H3,(H2,20,21,22). The van der Waals surface area contributed by atoms with Crippen molar-refractivity contribution in [3.05, 3.63) is 34.0 Å². The molecule has 2 aliphatic heterocycles. The van der Waals surface area contributed by atoms with Crippen LogP contribution in [0.3, 0.4) is 0 Å². The number of thiophene rings is 1. The van der Waals surface area contributed by atoms with Crippen molar-refractivity contribution in [2.24, 2.45) is 4.99 Å². The molecule has 0 radical (unpaired) electrons. The second-order valence-corrected chi connectivity index (χ2v) is 7.54. The van der Waals surface area contributed by atoms with Gasteiger partial charge in [0.2, 0.25) is 0 Å². The van der Waals surface area contributed by atoms with Gasteiger partial charge in [0.1, 0.15) is 0 Å². The van der Waals surface area contributed by atoms with Gasteiger partial charge in [0.25, 0.3) is 0 Å². The average molecular weight is 363 g/mol. The lowest BCUT2D eigenvalue weighted by Crippen LogP contribution is -2.48. The first-order valence-corrected chi connectivity index (χ1v) is 10.2. The number of piperidine rings is 1. The maximum atomic E-state index is 5.35. The summed E-state index contributed by atoms with van der Waals surface area (Å²) in [7, 11) is 1.86. The summed E-state index contributed by atoms with van der Waals surface area (Å²) in [5, 5.41) is 11.5. The fraction of sp³-hybridized carbons (Fsp3) is 0.632. The van der Waals surface area contributed by atoms with Crippen LogP contribution in [0, 0.1) is 0 Å². The maximum Gasteiger partial charge on any atom is 0.191 e. The van der Waals surface area contributed by atoms with Gasteiger partial charge in [-0.2, -0.15) is 11.3 Å². The van der Waals surface area contributed by atoms with E-state index in [-0.39, 0.29) is 0 Å². The minimum atomic E-state index is 0.521. The molecule has 0 aliphatic carbocycles. The number of nitrogens with zero attached hydrogens (tertiary/aromatic N) is 2. The van der Waals surface area contributed by atoms with E-state index in [1.807, 2.05) is 7.05 Å². The number of rotatable bonds is 6. The van der Waals surface area contributed by atoms with E-state index in [2.05, 4.69) is 43.4 Å². The Morgan fingerprint density at radius 3 is 2.96 bits per heavy atom. The van der Waals surface area contributed by atoms with E-state index in [9.17, 15) is 0 Å². The first-order valence-electron chi connectivity index (χ1n) is 9.30. The Labute approximate surface area is 155 Å². The molecule has 5 nitrogen and oxygen atoms in total. The van der Waals surface area contributed by atoms with Gasteiger partial charge in [0.05, 0.1) is 13.2 Å². The first-order chi connectivity index (χ1) is 12.3. The predicted octanol–water partition coefficient (Wildman–Crippen LogP) is 2.61. The molecule has 1 fully saturated rings. The van der Waals surface area contributed by atoms with Crippen LogP contribution >= 0.6 is 11.3 Å². The molecule has 0 spiro atoms. The zero-order valence-corrected chi connectivity index (χ0v) is 16.0. The number of likely N-dealkylation sites (tertiary alicyclic amines) is 1. The van der Waals surface area contributed by atoms with E-state index in [4.69, 9.17) is 4.74 Å². The van der Waals surface area contributed by atoms with E-state index < -0.39 is 0 Å². The van der Waals surface area contributed by atoms with Crippen LogP contribution in [0.4, 0.5) is 0 Å². The Hall–Kier alpha value is -1.37. The number of guanidine groups is 1. The lowest BCUT2D eigenvalue weighted by molar-refractivity contribution is 0.153. The molecule has 0 atom stereocenters. The van der Waals surface area contributed by atoms with Crippen molar-refractivity contribution in [1.82, 2.24) is 15.5 Å². The molecule has 0 amide bonds. The molecule has 2 N–H and O–H groups in total. The van der Waals surface area contributed by atoms with Gasteiger partial charge < -0.3 is 15.4 Å². The monoisotopic (exact) mass is 362 g/mol. The van der Waals surface area contributed by atoms with Gasteiger partial charge >= 0.3 is 0 Å². The lowest BCUT2D eigenvalue weighted by atomic mass is 10.0. The summed E-state index contributed by atoms with van der Waals surface area (Å²) in [5.41, 5.74) is 2.94. The van der Waals surface area contributed by atoms with Crippen LogP contribution in [-0.4, -0.2) is 56.8 Å². The maximum absolute atomic E-state index is 5.35. The zero-order chi connectivity index (χ0) is 17.3. The SMILES string of the molecule is CN=C(NCCC1=CCOCC1)NC1CCN(Cc2ccsc2)CC1. The molecule has 3 heterocycles. The van der Waals surface area contributed by atoms with E-state index in [1.165, 1.54) is 24.0 Å². The molecular formula is C19H30N4OS. The Bertz CT molecular complexity index is 562. The number of hydrogen-bond donors (Lipinski definition) is 2. The predicted molar refractivity (Wildman–Crippen MR) is 105 cm³/mol. The number of aliphatic imine (C=N–C) groups is 1. The Morgan fingerprint density at radius 2 is 2.28 bits per heavy atom. The summed E-state index contributed by atoms with van der Waals surface area (Å²) in [6.07, 6.45) is 6.70. The van der Waals surface area contributed by atoms with E-state index in [1.54, 1.807) is 11.3 Å². The second kappa shape index (κ2) is 9.94. The lowest BCUT2D eigenvalue weighted by Gasteiger charge is -2.33. The summed E-state index contributed by atoms with van der Waals surface area (Å²) in [6, 6.07) is 2.75. The van der Waals surface area contributed by atoms with Gasteiger partial charge in [-0.15, -0.1) is 0 Å². The van der Waals surface area contributed by atoms with Crippen molar-refractivity contribution >= 4 is 17.3 Å². The molecule has 25 heavy (non-hydrogen) atoms. The number of nitrogens with one attached hydrogen (secondary N) is 2. The highest BCUT2D eigenvalue weighted by atomic mass is 32.1. The van der Waals surface area contributed by atoms with Gasteiger partial charge in [0.15, 0.2) is 5.96 Å². The number of ether oxygens (including phenoxy) is 1. The highest BCUT2D eigenvalue weighted by Crippen LogP contribution is 2.15. The quantitative estimate of drug-likeness (QED) is 0.464. The van der Waals surface area contributed by atoms with Gasteiger partial charge in [-0.3, -0.25) is 9.89 Å². The van der Waals surface area contributed by atoms with Crippen LogP contribution in [0.15, 0.2) is 33.5 Å². The minimum Gasteiger partial charge on any atom is -0.377 e. The van der Waals surface area contributed by atoms with Crippen LogP contribution in [0.25, 0.3) is 0 Å². The third-order valence-electron chi connectivity index (χ3n) is 4.93. The third-order valence-corrected chi connectivity index (χ3v) is 5.67. The molecule has 0 bridgehead atoms. The average Bonchev–Trinajstić information content (AvgIpc) is 3.16. The Balaban J connectivity index is 1.34. The topological polar surface area (TPSA) is 48.9 Å².